The summed E-state index contributed by atoms with van der Waals surface area (Å²) in [6.07, 6.45) is 0.592. The molecule has 0 bridgehead atoms. The van der Waals surface area contributed by atoms with Crippen LogP contribution in [0.1, 0.15) is 42.1 Å². The zero-order chi connectivity index (χ0) is 19.6. The number of urea groups is 1. The van der Waals surface area contributed by atoms with Crippen molar-refractivity contribution in [2.75, 3.05) is 6.54 Å². The molecule has 2 aliphatic rings. The van der Waals surface area contributed by atoms with Crippen molar-refractivity contribution in [3.05, 3.63) is 42.0 Å². The van der Waals surface area contributed by atoms with Crippen molar-refractivity contribution in [2.24, 2.45) is 0 Å². The first-order valence-corrected chi connectivity index (χ1v) is 8.78. The van der Waals surface area contributed by atoms with Gasteiger partial charge < -0.3 is 15.0 Å². The summed E-state index contributed by atoms with van der Waals surface area (Å²) in [6, 6.07) is 6.61. The number of amides is 4. The molecule has 1 heterocycles. The fourth-order valence-electron chi connectivity index (χ4n) is 2.75. The van der Waals surface area contributed by atoms with E-state index in [9.17, 15) is 19.2 Å². The zero-order valence-corrected chi connectivity index (χ0v) is 15.0. The van der Waals surface area contributed by atoms with E-state index in [-0.39, 0.29) is 24.9 Å². The molecule has 0 aromatic heterocycles. The Morgan fingerprint density at radius 3 is 2.56 bits per heavy atom. The van der Waals surface area contributed by atoms with Gasteiger partial charge in [-0.05, 0) is 25.8 Å². The second-order valence-electron chi connectivity index (χ2n) is 6.57. The number of nitrogens with one attached hydrogen (secondary N) is 2. The van der Waals surface area contributed by atoms with Gasteiger partial charge in [0.2, 0.25) is 0 Å². The maximum absolute atomic E-state index is 12.4. The van der Waals surface area contributed by atoms with Crippen LogP contribution in [0.4, 0.5) is 4.79 Å². The first-order valence-electron chi connectivity index (χ1n) is 8.78. The number of imide groups is 1. The molecule has 1 aromatic carbocycles. The molecule has 0 radical (unpaired) electrons. The van der Waals surface area contributed by atoms with Gasteiger partial charge in [-0.15, -0.1) is 0 Å². The van der Waals surface area contributed by atoms with Crippen molar-refractivity contribution in [1.82, 2.24) is 15.5 Å². The molecule has 8 heteroatoms. The number of rotatable bonds is 6. The van der Waals surface area contributed by atoms with Gasteiger partial charge in [0.1, 0.15) is 0 Å². The molecule has 2 N–H and O–H groups in total. The quantitative estimate of drug-likeness (QED) is 0.736. The number of carbonyl (C=O) groups excluding carboxylic acids is 4. The summed E-state index contributed by atoms with van der Waals surface area (Å²) in [4.78, 5) is 49.2. The van der Waals surface area contributed by atoms with Crippen LogP contribution in [0.3, 0.4) is 0 Å². The predicted octanol–water partition coefficient (Wildman–Crippen LogP) is 1.42. The van der Waals surface area contributed by atoms with Gasteiger partial charge in [-0.2, -0.15) is 0 Å². The monoisotopic (exact) mass is 371 g/mol. The molecule has 27 heavy (non-hydrogen) atoms. The van der Waals surface area contributed by atoms with Crippen molar-refractivity contribution < 1.29 is 23.9 Å². The number of fused-ring (bicyclic) bond motifs is 1. The van der Waals surface area contributed by atoms with Crippen LogP contribution in [0.25, 0.3) is 5.70 Å². The fourth-order valence-corrected chi connectivity index (χ4v) is 2.75. The van der Waals surface area contributed by atoms with Crippen LogP contribution >= 0.6 is 0 Å². The molecule has 1 fully saturated rings. The van der Waals surface area contributed by atoms with Gasteiger partial charge in [-0.25, -0.2) is 4.79 Å². The number of carbonyl (C=O) groups is 4. The molecule has 0 saturated heterocycles. The Balaban J connectivity index is 1.45. The van der Waals surface area contributed by atoms with E-state index < -0.39 is 24.0 Å². The minimum Gasteiger partial charge on any atom is -0.452 e. The molecule has 8 nitrogen and oxygen atoms in total. The van der Waals surface area contributed by atoms with Gasteiger partial charge in [-0.3, -0.25) is 19.7 Å². The molecule has 1 unspecified atom stereocenters. The highest BCUT2D eigenvalue weighted by atomic mass is 16.5. The van der Waals surface area contributed by atoms with Crippen molar-refractivity contribution in [3.8, 4) is 0 Å². The molecule has 1 aromatic rings. The fraction of sp³-hybridized carbons (Fsp3) is 0.368. The minimum atomic E-state index is -1.11. The SMILES string of the molecule is C=C1c2ccccc2C(=O)N1CCC(=O)OC(C)C(=O)NC(=O)NC1CC1. The van der Waals surface area contributed by atoms with E-state index in [1.165, 1.54) is 11.8 Å². The van der Waals surface area contributed by atoms with Crippen molar-refractivity contribution in [2.45, 2.75) is 38.3 Å². The lowest BCUT2D eigenvalue weighted by Crippen LogP contribution is -2.45. The van der Waals surface area contributed by atoms with E-state index in [4.69, 9.17) is 4.74 Å². The van der Waals surface area contributed by atoms with Crippen molar-refractivity contribution in [1.29, 1.82) is 0 Å². The Morgan fingerprint density at radius 1 is 1.26 bits per heavy atom. The second kappa shape index (κ2) is 7.61. The first kappa shape index (κ1) is 18.6. The van der Waals surface area contributed by atoms with E-state index in [1.807, 2.05) is 6.07 Å². The topological polar surface area (TPSA) is 105 Å². The number of hydrogen-bond donors (Lipinski definition) is 2. The molecule has 1 aliphatic carbocycles. The lowest BCUT2D eigenvalue weighted by atomic mass is 10.1. The van der Waals surface area contributed by atoms with Crippen LogP contribution in [0, 0.1) is 0 Å². The minimum absolute atomic E-state index is 0.0926. The van der Waals surface area contributed by atoms with E-state index >= 15 is 0 Å². The van der Waals surface area contributed by atoms with E-state index in [1.54, 1.807) is 18.2 Å². The third kappa shape index (κ3) is 4.33. The average molecular weight is 371 g/mol. The lowest BCUT2D eigenvalue weighted by molar-refractivity contribution is -0.154. The van der Waals surface area contributed by atoms with E-state index in [0.717, 1.165) is 18.4 Å². The highest BCUT2D eigenvalue weighted by Gasteiger charge is 2.31. The number of nitrogens with zero attached hydrogens (tertiary/aromatic N) is 1. The summed E-state index contributed by atoms with van der Waals surface area (Å²) in [6.45, 7) is 5.38. The van der Waals surface area contributed by atoms with E-state index in [0.29, 0.717) is 11.3 Å². The molecular weight excluding hydrogens is 350 g/mol. The largest absolute Gasteiger partial charge is 0.452 e. The second-order valence-corrected chi connectivity index (χ2v) is 6.57. The van der Waals surface area contributed by atoms with Gasteiger partial charge in [0, 0.05) is 29.4 Å². The van der Waals surface area contributed by atoms with Crippen LogP contribution in [0.5, 0.6) is 0 Å². The third-order valence-electron chi connectivity index (χ3n) is 4.41. The van der Waals surface area contributed by atoms with Crippen LogP contribution in [-0.2, 0) is 14.3 Å². The molecule has 1 aliphatic heterocycles. The number of benzene rings is 1. The van der Waals surface area contributed by atoms with Crippen LogP contribution in [0.2, 0.25) is 0 Å². The summed E-state index contributed by atoms with van der Waals surface area (Å²) in [7, 11) is 0. The zero-order valence-electron chi connectivity index (χ0n) is 15.0. The lowest BCUT2D eigenvalue weighted by Gasteiger charge is -2.18. The Labute approximate surface area is 156 Å². The van der Waals surface area contributed by atoms with Gasteiger partial charge in [0.25, 0.3) is 11.8 Å². The summed E-state index contributed by atoms with van der Waals surface area (Å²) in [5, 5.41) is 4.74. The summed E-state index contributed by atoms with van der Waals surface area (Å²) in [5.74, 6) is -1.56. The summed E-state index contributed by atoms with van der Waals surface area (Å²) < 4.78 is 5.04. The smallest absolute Gasteiger partial charge is 0.321 e. The molecule has 142 valence electrons. The maximum Gasteiger partial charge on any atom is 0.321 e. The predicted molar refractivity (Wildman–Crippen MR) is 96.4 cm³/mol. The average Bonchev–Trinajstić information content (AvgIpc) is 3.40. The van der Waals surface area contributed by atoms with Crippen LogP contribution in [0.15, 0.2) is 30.8 Å². The molecule has 1 saturated carbocycles. The normalized spacial score (nSPS) is 16.6. The Bertz CT molecular complexity index is 780. The maximum atomic E-state index is 12.4. The van der Waals surface area contributed by atoms with Crippen LogP contribution in [-0.4, -0.2) is 47.4 Å². The first-order chi connectivity index (χ1) is 12.9. The highest BCUT2D eigenvalue weighted by Crippen LogP contribution is 2.31. The molecule has 4 amide bonds. The Hall–Kier alpha value is -3.16. The number of esters is 1. The van der Waals surface area contributed by atoms with Crippen LogP contribution < -0.4 is 10.6 Å². The number of hydrogen-bond acceptors (Lipinski definition) is 5. The number of ether oxygens (including phenoxy) is 1. The van der Waals surface area contributed by atoms with Crippen molar-refractivity contribution >= 4 is 29.5 Å². The standard InChI is InChI=1S/C19H21N3O5/c1-11-14-5-3-4-6-15(14)18(25)22(11)10-9-16(23)27-12(2)17(24)21-19(26)20-13-7-8-13/h3-6,12-13H,1,7-10H2,2H3,(H2,20,21,24,26). The summed E-state index contributed by atoms with van der Waals surface area (Å²) >= 11 is 0. The van der Waals surface area contributed by atoms with Gasteiger partial charge in [0.05, 0.1) is 6.42 Å². The third-order valence-corrected chi connectivity index (χ3v) is 4.41. The molecule has 1 atom stereocenters. The van der Waals surface area contributed by atoms with Gasteiger partial charge >= 0.3 is 12.0 Å². The molecule has 0 spiro atoms. The Kier molecular flexibility index (Phi) is 5.25. The Morgan fingerprint density at radius 2 is 1.93 bits per heavy atom. The molecular formula is C19H21N3O5. The molecule has 3 rings (SSSR count). The van der Waals surface area contributed by atoms with Gasteiger partial charge in [-0.1, -0.05) is 24.8 Å². The highest BCUT2D eigenvalue weighted by molar-refractivity contribution is 6.08. The van der Waals surface area contributed by atoms with Gasteiger partial charge in [0.15, 0.2) is 6.10 Å². The van der Waals surface area contributed by atoms with E-state index in [2.05, 4.69) is 17.2 Å². The van der Waals surface area contributed by atoms with Crippen molar-refractivity contribution in [3.63, 3.8) is 0 Å². The summed E-state index contributed by atoms with van der Waals surface area (Å²) in [5.41, 5.74) is 1.82.